The second-order valence-electron chi connectivity index (χ2n) is 7.08. The van der Waals surface area contributed by atoms with Crippen molar-refractivity contribution in [3.63, 3.8) is 0 Å². The zero-order chi connectivity index (χ0) is 22.0. The third kappa shape index (κ3) is 4.42. The standard InChI is InChI=1S/C24H21N3O2S2/c1-14-7-6-8-17(21(14)29-3)22(28)27-24(30)26-18-12-11-16(13-15(18)2)23-25-19-9-4-5-10-20(19)31-23/h4-13H,1-3H3,(H2,26,27,28,30). The molecular weight excluding hydrogens is 426 g/mol. The highest BCUT2D eigenvalue weighted by Gasteiger charge is 2.15. The summed E-state index contributed by atoms with van der Waals surface area (Å²) in [5.74, 6) is 0.223. The van der Waals surface area contributed by atoms with Crippen LogP contribution in [-0.2, 0) is 0 Å². The lowest BCUT2D eigenvalue weighted by atomic mass is 10.1. The first kappa shape index (κ1) is 21.0. The summed E-state index contributed by atoms with van der Waals surface area (Å²) in [5, 5.41) is 7.04. The lowest BCUT2D eigenvalue weighted by Crippen LogP contribution is -2.34. The summed E-state index contributed by atoms with van der Waals surface area (Å²) in [6, 6.07) is 19.5. The van der Waals surface area contributed by atoms with Crippen molar-refractivity contribution in [2.75, 3.05) is 12.4 Å². The molecule has 0 aliphatic rings. The van der Waals surface area contributed by atoms with E-state index in [0.29, 0.717) is 11.3 Å². The van der Waals surface area contributed by atoms with Crippen molar-refractivity contribution in [1.82, 2.24) is 10.3 Å². The van der Waals surface area contributed by atoms with Gasteiger partial charge in [0.05, 0.1) is 22.9 Å². The maximum atomic E-state index is 12.7. The molecule has 0 fully saturated rings. The number of nitrogens with one attached hydrogen (secondary N) is 2. The third-order valence-electron chi connectivity index (χ3n) is 4.90. The number of fused-ring (bicyclic) bond motifs is 1. The molecule has 1 amide bonds. The highest BCUT2D eigenvalue weighted by atomic mass is 32.1. The molecule has 0 saturated heterocycles. The summed E-state index contributed by atoms with van der Waals surface area (Å²) < 4.78 is 6.52. The molecule has 156 valence electrons. The molecule has 3 aromatic carbocycles. The van der Waals surface area contributed by atoms with Crippen LogP contribution in [0.3, 0.4) is 0 Å². The highest BCUT2D eigenvalue weighted by Crippen LogP contribution is 2.32. The maximum Gasteiger partial charge on any atom is 0.261 e. The van der Waals surface area contributed by atoms with Gasteiger partial charge >= 0.3 is 0 Å². The minimum Gasteiger partial charge on any atom is -0.496 e. The number of hydrogen-bond donors (Lipinski definition) is 2. The van der Waals surface area contributed by atoms with Crippen molar-refractivity contribution >= 4 is 50.5 Å². The predicted octanol–water partition coefficient (Wildman–Crippen LogP) is 5.72. The van der Waals surface area contributed by atoms with Crippen molar-refractivity contribution < 1.29 is 9.53 Å². The smallest absolute Gasteiger partial charge is 0.261 e. The van der Waals surface area contributed by atoms with Crippen LogP contribution in [0.5, 0.6) is 5.75 Å². The van der Waals surface area contributed by atoms with E-state index in [-0.39, 0.29) is 11.0 Å². The molecule has 0 radical (unpaired) electrons. The normalized spacial score (nSPS) is 10.7. The second-order valence-corrected chi connectivity index (χ2v) is 8.52. The number of nitrogens with zero attached hydrogens (tertiary/aromatic N) is 1. The molecule has 2 N–H and O–H groups in total. The molecule has 0 saturated carbocycles. The van der Waals surface area contributed by atoms with Gasteiger partial charge in [0, 0.05) is 11.3 Å². The van der Waals surface area contributed by atoms with E-state index in [0.717, 1.165) is 37.6 Å². The number of carbonyl (C=O) groups is 1. The Hall–Kier alpha value is -3.29. The van der Waals surface area contributed by atoms with Crippen LogP contribution in [-0.4, -0.2) is 23.1 Å². The first-order valence-electron chi connectivity index (χ1n) is 9.69. The van der Waals surface area contributed by atoms with Crippen LogP contribution in [0.4, 0.5) is 5.69 Å². The zero-order valence-corrected chi connectivity index (χ0v) is 19.0. The molecule has 0 spiro atoms. The minimum absolute atomic E-state index is 0.226. The summed E-state index contributed by atoms with van der Waals surface area (Å²) in [6.45, 7) is 3.88. The van der Waals surface area contributed by atoms with Crippen molar-refractivity contribution in [3.8, 4) is 16.3 Å². The minimum atomic E-state index is -0.318. The number of amides is 1. The van der Waals surface area contributed by atoms with Crippen molar-refractivity contribution in [2.24, 2.45) is 0 Å². The Morgan fingerprint density at radius 1 is 1.03 bits per heavy atom. The van der Waals surface area contributed by atoms with Crippen LogP contribution in [0.15, 0.2) is 60.7 Å². The summed E-state index contributed by atoms with van der Waals surface area (Å²) in [5.41, 5.74) is 5.19. The van der Waals surface area contributed by atoms with E-state index in [9.17, 15) is 4.79 Å². The molecule has 0 aliphatic heterocycles. The van der Waals surface area contributed by atoms with E-state index in [2.05, 4.69) is 22.8 Å². The van der Waals surface area contributed by atoms with Gasteiger partial charge in [-0.1, -0.05) is 24.3 Å². The molecule has 4 rings (SSSR count). The number of anilines is 1. The Morgan fingerprint density at radius 2 is 1.84 bits per heavy atom. The summed E-state index contributed by atoms with van der Waals surface area (Å²) in [6.07, 6.45) is 0. The lowest BCUT2D eigenvalue weighted by molar-refractivity contribution is 0.0974. The number of rotatable bonds is 4. The molecule has 0 aliphatic carbocycles. The topological polar surface area (TPSA) is 63.2 Å². The zero-order valence-electron chi connectivity index (χ0n) is 17.4. The van der Waals surface area contributed by atoms with Crippen LogP contribution in [0, 0.1) is 13.8 Å². The first-order chi connectivity index (χ1) is 15.0. The van der Waals surface area contributed by atoms with Gasteiger partial charge in [0.15, 0.2) is 5.11 Å². The Kier molecular flexibility index (Phi) is 5.97. The number of para-hydroxylation sites is 2. The Morgan fingerprint density at radius 3 is 2.58 bits per heavy atom. The van der Waals surface area contributed by atoms with E-state index < -0.39 is 0 Å². The molecule has 1 aromatic heterocycles. The van der Waals surface area contributed by atoms with Crippen molar-refractivity contribution in [3.05, 3.63) is 77.4 Å². The van der Waals surface area contributed by atoms with Crippen LogP contribution in [0.25, 0.3) is 20.8 Å². The van der Waals surface area contributed by atoms with Gasteiger partial charge < -0.3 is 10.1 Å². The third-order valence-corrected chi connectivity index (χ3v) is 6.19. The monoisotopic (exact) mass is 447 g/mol. The predicted molar refractivity (Wildman–Crippen MR) is 131 cm³/mol. The van der Waals surface area contributed by atoms with Gasteiger partial charge in [-0.3, -0.25) is 10.1 Å². The second kappa shape index (κ2) is 8.83. The number of benzene rings is 3. The van der Waals surface area contributed by atoms with E-state index >= 15 is 0 Å². The molecule has 1 heterocycles. The van der Waals surface area contributed by atoms with Crippen LogP contribution < -0.4 is 15.4 Å². The van der Waals surface area contributed by atoms with Gasteiger partial charge in [-0.25, -0.2) is 4.98 Å². The van der Waals surface area contributed by atoms with Gasteiger partial charge in [-0.15, -0.1) is 11.3 Å². The quantitative estimate of drug-likeness (QED) is 0.392. The van der Waals surface area contributed by atoms with Crippen molar-refractivity contribution in [2.45, 2.75) is 13.8 Å². The van der Waals surface area contributed by atoms with Gasteiger partial charge in [-0.2, -0.15) is 0 Å². The lowest BCUT2D eigenvalue weighted by Gasteiger charge is -2.14. The number of thiocarbonyl (C=S) groups is 1. The molecule has 4 aromatic rings. The van der Waals surface area contributed by atoms with Gasteiger partial charge in [0.1, 0.15) is 10.8 Å². The SMILES string of the molecule is COc1c(C)cccc1C(=O)NC(=S)Nc1ccc(-c2nc3ccccc3s2)cc1C. The number of aromatic nitrogens is 1. The number of methoxy groups -OCH3 is 1. The molecule has 5 nitrogen and oxygen atoms in total. The fraction of sp³-hybridized carbons (Fsp3) is 0.125. The number of aryl methyl sites for hydroxylation is 2. The molecule has 0 atom stereocenters. The Balaban J connectivity index is 1.49. The summed E-state index contributed by atoms with van der Waals surface area (Å²) in [4.78, 5) is 17.4. The van der Waals surface area contributed by atoms with Crippen LogP contribution in [0.2, 0.25) is 0 Å². The average Bonchev–Trinajstić information content (AvgIpc) is 3.19. The fourth-order valence-electron chi connectivity index (χ4n) is 3.36. The molecule has 0 unspecified atom stereocenters. The summed E-state index contributed by atoms with van der Waals surface area (Å²) in [7, 11) is 1.55. The van der Waals surface area contributed by atoms with Crippen molar-refractivity contribution in [1.29, 1.82) is 0 Å². The van der Waals surface area contributed by atoms with E-state index in [1.807, 2.05) is 56.3 Å². The number of hydrogen-bond acceptors (Lipinski definition) is 5. The number of thiazole rings is 1. The van der Waals surface area contributed by atoms with Crippen LogP contribution >= 0.6 is 23.6 Å². The van der Waals surface area contributed by atoms with E-state index in [1.165, 1.54) is 0 Å². The van der Waals surface area contributed by atoms with E-state index in [4.69, 9.17) is 21.9 Å². The molecular formula is C24H21N3O2S2. The average molecular weight is 448 g/mol. The molecule has 7 heteroatoms. The van der Waals surface area contributed by atoms with Crippen LogP contribution in [0.1, 0.15) is 21.5 Å². The van der Waals surface area contributed by atoms with Gasteiger partial charge in [0.25, 0.3) is 5.91 Å². The Labute approximate surface area is 190 Å². The largest absolute Gasteiger partial charge is 0.496 e. The molecule has 31 heavy (non-hydrogen) atoms. The number of carbonyl (C=O) groups excluding carboxylic acids is 1. The Bertz CT molecular complexity index is 1260. The van der Waals surface area contributed by atoms with Gasteiger partial charge in [0.2, 0.25) is 0 Å². The molecule has 0 bridgehead atoms. The fourth-order valence-corrected chi connectivity index (χ4v) is 4.52. The first-order valence-corrected chi connectivity index (χ1v) is 10.9. The van der Waals surface area contributed by atoms with E-state index in [1.54, 1.807) is 24.5 Å². The summed E-state index contributed by atoms with van der Waals surface area (Å²) >= 11 is 7.02. The number of ether oxygens (including phenoxy) is 1. The van der Waals surface area contributed by atoms with Gasteiger partial charge in [-0.05, 0) is 73.6 Å². The highest BCUT2D eigenvalue weighted by molar-refractivity contribution is 7.80. The maximum absolute atomic E-state index is 12.7.